The van der Waals surface area contributed by atoms with Crippen LogP contribution in [0, 0.1) is 15.5 Å². The summed E-state index contributed by atoms with van der Waals surface area (Å²) in [6, 6.07) is 6.57. The van der Waals surface area contributed by atoms with Crippen LogP contribution >= 0.6 is 0 Å². The number of nitro benzene ring substituents is 1. The molecule has 0 saturated heterocycles. The van der Waals surface area contributed by atoms with Crippen molar-refractivity contribution in [3.05, 3.63) is 40.6 Å². The minimum absolute atomic E-state index is 0.00517. The molecule has 158 valence electrons. The zero-order valence-electron chi connectivity index (χ0n) is 17.5. The van der Waals surface area contributed by atoms with Crippen LogP contribution < -0.4 is 15.1 Å². The van der Waals surface area contributed by atoms with Gasteiger partial charge in [-0.05, 0) is 32.8 Å². The monoisotopic (exact) mass is 410 g/mol. The van der Waals surface area contributed by atoms with Gasteiger partial charge in [0.15, 0.2) is 5.82 Å². The molecular formula is C21H26N6O3. The number of hydrogen-bond donors (Lipinski definition) is 1. The highest BCUT2D eigenvalue weighted by molar-refractivity contribution is 6.00. The highest BCUT2D eigenvalue weighted by Crippen LogP contribution is 2.40. The fourth-order valence-corrected chi connectivity index (χ4v) is 4.35. The lowest BCUT2D eigenvalue weighted by Crippen LogP contribution is -2.45. The van der Waals surface area contributed by atoms with E-state index in [1.54, 1.807) is 30.3 Å². The van der Waals surface area contributed by atoms with Crippen LogP contribution in [0.5, 0.6) is 0 Å². The molecule has 1 aromatic carbocycles. The molecule has 0 radical (unpaired) electrons. The van der Waals surface area contributed by atoms with Gasteiger partial charge in [-0.1, -0.05) is 18.9 Å². The number of nitrogens with one attached hydrogen (secondary N) is 1. The van der Waals surface area contributed by atoms with Gasteiger partial charge in [-0.25, -0.2) is 4.98 Å². The number of non-ortho nitro benzene ring substituents is 1. The van der Waals surface area contributed by atoms with Crippen LogP contribution in [0.15, 0.2) is 30.5 Å². The first-order chi connectivity index (χ1) is 14.3. The van der Waals surface area contributed by atoms with E-state index in [9.17, 15) is 14.9 Å². The molecule has 1 aliphatic carbocycles. The Morgan fingerprint density at radius 1 is 1.27 bits per heavy atom. The van der Waals surface area contributed by atoms with Crippen LogP contribution in [-0.2, 0) is 4.79 Å². The van der Waals surface area contributed by atoms with Crippen molar-refractivity contribution in [2.45, 2.75) is 45.6 Å². The van der Waals surface area contributed by atoms with Crippen molar-refractivity contribution in [1.29, 1.82) is 0 Å². The van der Waals surface area contributed by atoms with E-state index in [0.717, 1.165) is 18.7 Å². The third kappa shape index (κ3) is 3.67. The normalized spacial score (nSPS) is 18.8. The van der Waals surface area contributed by atoms with Crippen molar-refractivity contribution in [2.24, 2.45) is 5.41 Å². The first-order valence-electron chi connectivity index (χ1n) is 10.2. The number of carbonyl (C=O) groups excluding carboxylic acids is 1. The van der Waals surface area contributed by atoms with Gasteiger partial charge in [-0.3, -0.25) is 14.9 Å². The Labute approximate surface area is 175 Å². The number of carbonyl (C=O) groups is 1. The summed E-state index contributed by atoms with van der Waals surface area (Å²) in [5.41, 5.74) is 0.664. The predicted octanol–water partition coefficient (Wildman–Crippen LogP) is 3.88. The van der Waals surface area contributed by atoms with Gasteiger partial charge in [-0.2, -0.15) is 4.98 Å². The summed E-state index contributed by atoms with van der Waals surface area (Å²) in [5.74, 6) is 1.11. The maximum absolute atomic E-state index is 13.0. The second-order valence-electron chi connectivity index (χ2n) is 8.65. The smallest absolute Gasteiger partial charge is 0.271 e. The Morgan fingerprint density at radius 3 is 2.70 bits per heavy atom. The molecule has 9 nitrogen and oxygen atoms in total. The fourth-order valence-electron chi connectivity index (χ4n) is 4.35. The van der Waals surface area contributed by atoms with Gasteiger partial charge in [0.25, 0.3) is 5.69 Å². The number of nitro groups is 1. The molecule has 1 amide bonds. The molecule has 1 N–H and O–H groups in total. The van der Waals surface area contributed by atoms with E-state index < -0.39 is 10.3 Å². The van der Waals surface area contributed by atoms with Crippen molar-refractivity contribution in [2.75, 3.05) is 28.7 Å². The summed E-state index contributed by atoms with van der Waals surface area (Å²) in [7, 11) is 1.76. The maximum Gasteiger partial charge on any atom is 0.271 e. The highest BCUT2D eigenvalue weighted by Gasteiger charge is 2.41. The van der Waals surface area contributed by atoms with Crippen LogP contribution in [0.2, 0.25) is 0 Å². The zero-order chi connectivity index (χ0) is 21.5. The van der Waals surface area contributed by atoms with Crippen molar-refractivity contribution in [1.82, 2.24) is 9.97 Å². The molecule has 1 aliphatic heterocycles. The van der Waals surface area contributed by atoms with E-state index in [-0.39, 0.29) is 11.6 Å². The van der Waals surface area contributed by atoms with Crippen molar-refractivity contribution < 1.29 is 9.72 Å². The Hall–Kier alpha value is -3.23. The summed E-state index contributed by atoms with van der Waals surface area (Å²) in [5, 5.41) is 14.1. The minimum atomic E-state index is -0.550. The molecule has 30 heavy (non-hydrogen) atoms. The Morgan fingerprint density at radius 2 is 2.00 bits per heavy atom. The third-order valence-electron chi connectivity index (χ3n) is 5.91. The molecule has 1 aromatic heterocycles. The SMILES string of the molecule is CN1C(=O)C(C)(C)CN(C2CCCC2)c2nc(Nc3cccc([N+](=O)[O-])c3)ncc21. The number of rotatable bonds is 4. The lowest BCUT2D eigenvalue weighted by molar-refractivity contribution is -0.384. The molecule has 0 spiro atoms. The van der Waals surface area contributed by atoms with Crippen molar-refractivity contribution >= 4 is 34.7 Å². The molecule has 0 bridgehead atoms. The Kier molecular flexibility index (Phi) is 5.05. The average molecular weight is 410 g/mol. The summed E-state index contributed by atoms with van der Waals surface area (Å²) in [6.07, 6.45) is 6.15. The topological polar surface area (TPSA) is 105 Å². The number of amides is 1. The van der Waals surface area contributed by atoms with Gasteiger partial charge in [-0.15, -0.1) is 0 Å². The molecule has 4 rings (SSSR count). The van der Waals surface area contributed by atoms with Crippen LogP contribution in [0.3, 0.4) is 0 Å². The molecule has 1 fully saturated rings. The van der Waals surface area contributed by atoms with Crippen LogP contribution in [0.1, 0.15) is 39.5 Å². The van der Waals surface area contributed by atoms with E-state index in [2.05, 4.69) is 15.2 Å². The van der Waals surface area contributed by atoms with Crippen LogP contribution in [0.4, 0.5) is 28.8 Å². The number of nitrogens with zero attached hydrogens (tertiary/aromatic N) is 5. The van der Waals surface area contributed by atoms with Gasteiger partial charge in [0.05, 0.1) is 16.5 Å². The molecular weight excluding hydrogens is 384 g/mol. The maximum atomic E-state index is 13.0. The second-order valence-corrected chi connectivity index (χ2v) is 8.65. The largest absolute Gasteiger partial charge is 0.351 e. The summed E-state index contributed by atoms with van der Waals surface area (Å²) in [4.78, 5) is 36.7. The van der Waals surface area contributed by atoms with Crippen LogP contribution in [0.25, 0.3) is 0 Å². The number of anilines is 4. The number of aromatic nitrogens is 2. The zero-order valence-corrected chi connectivity index (χ0v) is 17.5. The second kappa shape index (κ2) is 7.55. The van der Waals surface area contributed by atoms with Crippen molar-refractivity contribution in [3.63, 3.8) is 0 Å². The number of hydrogen-bond acceptors (Lipinski definition) is 7. The molecule has 0 atom stereocenters. The molecule has 2 aliphatic rings. The van der Waals surface area contributed by atoms with Crippen LogP contribution in [-0.4, -0.2) is 40.4 Å². The molecule has 2 heterocycles. The predicted molar refractivity (Wildman–Crippen MR) is 115 cm³/mol. The van der Waals surface area contributed by atoms with Gasteiger partial charge < -0.3 is 15.1 Å². The number of benzene rings is 1. The highest BCUT2D eigenvalue weighted by atomic mass is 16.6. The minimum Gasteiger partial charge on any atom is -0.351 e. The summed E-state index contributed by atoms with van der Waals surface area (Å²) >= 11 is 0. The molecule has 1 saturated carbocycles. The standard InChI is InChI=1S/C21H26N6O3/c1-21(2)13-26(15-8-4-5-9-15)18-17(25(3)19(21)28)12-22-20(24-18)23-14-7-6-10-16(11-14)27(29)30/h6-7,10-12,15H,4-5,8-9,13H2,1-3H3,(H,22,23,24). The van der Waals surface area contributed by atoms with Gasteiger partial charge >= 0.3 is 0 Å². The quantitative estimate of drug-likeness (QED) is 0.602. The van der Waals surface area contributed by atoms with Gasteiger partial charge in [0, 0.05) is 37.5 Å². The molecule has 2 aromatic rings. The Balaban J connectivity index is 1.73. The first kappa shape index (κ1) is 20.1. The molecule has 9 heteroatoms. The third-order valence-corrected chi connectivity index (χ3v) is 5.91. The van der Waals surface area contributed by atoms with E-state index in [4.69, 9.17) is 4.98 Å². The van der Waals surface area contributed by atoms with Gasteiger partial charge in [0.1, 0.15) is 5.69 Å². The van der Waals surface area contributed by atoms with Crippen molar-refractivity contribution in [3.8, 4) is 0 Å². The summed E-state index contributed by atoms with van der Waals surface area (Å²) < 4.78 is 0. The number of fused-ring (bicyclic) bond motifs is 1. The van der Waals surface area contributed by atoms with E-state index in [1.165, 1.54) is 25.0 Å². The Bertz CT molecular complexity index is 986. The van der Waals surface area contributed by atoms with E-state index in [1.807, 2.05) is 13.8 Å². The van der Waals surface area contributed by atoms with E-state index in [0.29, 0.717) is 29.9 Å². The first-order valence-corrected chi connectivity index (χ1v) is 10.2. The fraction of sp³-hybridized carbons (Fsp3) is 0.476. The average Bonchev–Trinajstić information content (AvgIpc) is 3.23. The van der Waals surface area contributed by atoms with E-state index >= 15 is 0 Å². The lowest BCUT2D eigenvalue weighted by Gasteiger charge is -2.34. The van der Waals surface area contributed by atoms with Gasteiger partial charge in [0.2, 0.25) is 11.9 Å². The summed E-state index contributed by atoms with van der Waals surface area (Å²) in [6.45, 7) is 4.52. The molecule has 0 unspecified atom stereocenters. The lowest BCUT2D eigenvalue weighted by atomic mass is 9.91.